The molecule has 142 valence electrons. The molecule has 2 atom stereocenters. The van der Waals surface area contributed by atoms with Crippen molar-refractivity contribution >= 4 is 11.8 Å². The van der Waals surface area contributed by atoms with Crippen LogP contribution in [0.5, 0.6) is 0 Å². The summed E-state index contributed by atoms with van der Waals surface area (Å²) in [6.45, 7) is 3.82. The third-order valence-electron chi connectivity index (χ3n) is 5.72. The Kier molecular flexibility index (Phi) is 4.97. The summed E-state index contributed by atoms with van der Waals surface area (Å²) in [7, 11) is 0. The van der Waals surface area contributed by atoms with Crippen molar-refractivity contribution in [2.24, 2.45) is 5.92 Å². The highest BCUT2D eigenvalue weighted by molar-refractivity contribution is 5.96. The molecule has 2 aromatic rings. The molecule has 0 aliphatic carbocycles. The van der Waals surface area contributed by atoms with Crippen LogP contribution >= 0.6 is 0 Å². The van der Waals surface area contributed by atoms with E-state index >= 15 is 0 Å². The van der Waals surface area contributed by atoms with Crippen molar-refractivity contribution in [2.75, 3.05) is 13.1 Å². The molecule has 4 heterocycles. The molecule has 3 aliphatic rings. The number of fused-ring (bicyclic) bond motifs is 4. The Labute approximate surface area is 159 Å². The number of carbonyl (C=O) groups excluding carboxylic acids is 2. The number of hydrogen-bond acceptors (Lipinski definition) is 3. The van der Waals surface area contributed by atoms with Crippen LogP contribution in [0.25, 0.3) is 0 Å². The van der Waals surface area contributed by atoms with Gasteiger partial charge in [-0.2, -0.15) is 5.10 Å². The molecule has 0 saturated carbocycles. The minimum absolute atomic E-state index is 0.00142. The number of benzene rings is 1. The topological polar surface area (TPSA) is 69.3 Å². The van der Waals surface area contributed by atoms with Gasteiger partial charge in [-0.1, -0.05) is 43.7 Å². The molecule has 1 aromatic heterocycles. The summed E-state index contributed by atoms with van der Waals surface area (Å²) in [6.07, 6.45) is 5.22. The zero-order chi connectivity index (χ0) is 18.8. The fourth-order valence-corrected chi connectivity index (χ4v) is 4.30. The van der Waals surface area contributed by atoms with E-state index in [2.05, 4.69) is 29.3 Å². The molecule has 6 nitrogen and oxygen atoms in total. The Hall–Kier alpha value is -2.63. The quantitative estimate of drug-likeness (QED) is 0.884. The van der Waals surface area contributed by atoms with Gasteiger partial charge in [0.05, 0.1) is 17.7 Å². The van der Waals surface area contributed by atoms with E-state index in [0.717, 1.165) is 36.9 Å². The van der Waals surface area contributed by atoms with E-state index in [1.807, 2.05) is 28.0 Å². The Morgan fingerprint density at radius 3 is 2.81 bits per heavy atom. The van der Waals surface area contributed by atoms with Gasteiger partial charge in [-0.3, -0.25) is 14.7 Å². The van der Waals surface area contributed by atoms with Gasteiger partial charge >= 0.3 is 0 Å². The van der Waals surface area contributed by atoms with Crippen LogP contribution < -0.4 is 0 Å². The fraction of sp³-hybridized carbons (Fsp3) is 0.476. The predicted molar refractivity (Wildman–Crippen MR) is 102 cm³/mol. The molecular weight excluding hydrogens is 340 g/mol. The number of nitrogens with zero attached hydrogens (tertiary/aromatic N) is 3. The molecule has 0 unspecified atom stereocenters. The van der Waals surface area contributed by atoms with E-state index in [4.69, 9.17) is 0 Å². The summed E-state index contributed by atoms with van der Waals surface area (Å²) in [4.78, 5) is 30.0. The minimum Gasteiger partial charge on any atom is -0.336 e. The number of amides is 2. The van der Waals surface area contributed by atoms with Crippen molar-refractivity contribution in [2.45, 2.75) is 45.2 Å². The number of aryl methyl sites for hydroxylation is 1. The van der Waals surface area contributed by atoms with Gasteiger partial charge < -0.3 is 9.80 Å². The van der Waals surface area contributed by atoms with Gasteiger partial charge in [0.1, 0.15) is 0 Å². The van der Waals surface area contributed by atoms with Gasteiger partial charge in [-0.05, 0) is 24.8 Å². The Morgan fingerprint density at radius 2 is 2.04 bits per heavy atom. The molecule has 3 fully saturated rings. The highest BCUT2D eigenvalue weighted by atomic mass is 16.2. The summed E-state index contributed by atoms with van der Waals surface area (Å²) in [6, 6.07) is 10.2. The first-order chi connectivity index (χ1) is 13.2. The normalized spacial score (nSPS) is 22.2. The zero-order valence-corrected chi connectivity index (χ0v) is 15.7. The van der Waals surface area contributed by atoms with E-state index in [0.29, 0.717) is 25.2 Å². The van der Waals surface area contributed by atoms with Gasteiger partial charge in [0.15, 0.2) is 0 Å². The van der Waals surface area contributed by atoms with Crippen molar-refractivity contribution in [1.82, 2.24) is 20.0 Å². The van der Waals surface area contributed by atoms with Gasteiger partial charge in [0.25, 0.3) is 5.91 Å². The largest absolute Gasteiger partial charge is 0.336 e. The number of piperidine rings is 1. The Bertz CT molecular complexity index is 817. The molecule has 2 amide bonds. The van der Waals surface area contributed by atoms with Gasteiger partial charge in [0.2, 0.25) is 5.91 Å². The maximum Gasteiger partial charge on any atom is 0.257 e. The smallest absolute Gasteiger partial charge is 0.257 e. The number of aromatic amines is 1. The molecule has 3 saturated heterocycles. The van der Waals surface area contributed by atoms with Crippen molar-refractivity contribution in [3.05, 3.63) is 53.3 Å². The van der Waals surface area contributed by atoms with E-state index in [1.165, 1.54) is 0 Å². The first kappa shape index (κ1) is 17.8. The monoisotopic (exact) mass is 366 g/mol. The van der Waals surface area contributed by atoms with E-state index in [9.17, 15) is 9.59 Å². The molecular formula is C21H26N4O2. The minimum atomic E-state index is -0.0991. The summed E-state index contributed by atoms with van der Waals surface area (Å²) in [5.74, 6) is 0.0859. The highest BCUT2D eigenvalue weighted by Gasteiger charge is 2.42. The molecule has 0 spiro atoms. The predicted octanol–water partition coefficient (Wildman–Crippen LogP) is 2.63. The third-order valence-corrected chi connectivity index (χ3v) is 5.72. The van der Waals surface area contributed by atoms with E-state index < -0.39 is 0 Å². The van der Waals surface area contributed by atoms with Crippen molar-refractivity contribution in [3.63, 3.8) is 0 Å². The van der Waals surface area contributed by atoms with Crippen LogP contribution in [0.1, 0.15) is 47.8 Å². The molecule has 27 heavy (non-hydrogen) atoms. The van der Waals surface area contributed by atoms with Gasteiger partial charge in [0, 0.05) is 31.4 Å². The molecule has 5 rings (SSSR count). The Morgan fingerprint density at radius 1 is 1.22 bits per heavy atom. The standard InChI is InChI=1S/C21H26N4O2/c1-2-6-19-18(11-22-23-19)21(27)24-13-16-9-10-17(14-24)25(20(16)26)12-15-7-4-3-5-8-15/h3-5,7-8,11,16-17H,2,6,9-10,12-14H2,1H3,(H,22,23)/t16-,17+/m0/s1. The lowest BCUT2D eigenvalue weighted by Crippen LogP contribution is -2.47. The number of rotatable bonds is 5. The van der Waals surface area contributed by atoms with E-state index in [1.54, 1.807) is 6.20 Å². The second kappa shape index (κ2) is 7.55. The first-order valence-electron chi connectivity index (χ1n) is 9.83. The maximum atomic E-state index is 13.1. The van der Waals surface area contributed by atoms with Crippen molar-refractivity contribution in [1.29, 1.82) is 0 Å². The molecule has 2 bridgehead atoms. The third kappa shape index (κ3) is 3.48. The van der Waals surface area contributed by atoms with Crippen LogP contribution in [0.3, 0.4) is 0 Å². The fourth-order valence-electron chi connectivity index (χ4n) is 4.30. The van der Waals surface area contributed by atoms with Crippen LogP contribution in [0, 0.1) is 5.92 Å². The summed E-state index contributed by atoms with van der Waals surface area (Å²) >= 11 is 0. The summed E-state index contributed by atoms with van der Waals surface area (Å²) in [5, 5.41) is 7.03. The molecule has 0 radical (unpaired) electrons. The molecule has 1 aromatic carbocycles. The van der Waals surface area contributed by atoms with Crippen LogP contribution in [-0.2, 0) is 17.8 Å². The van der Waals surface area contributed by atoms with Crippen molar-refractivity contribution < 1.29 is 9.59 Å². The number of H-pyrrole nitrogens is 1. The first-order valence-corrected chi connectivity index (χ1v) is 9.83. The Balaban J connectivity index is 1.54. The molecule has 3 aliphatic heterocycles. The number of nitrogens with one attached hydrogen (secondary N) is 1. The second-order valence-electron chi connectivity index (χ2n) is 7.60. The average molecular weight is 366 g/mol. The number of hydrogen-bond donors (Lipinski definition) is 1. The lowest BCUT2D eigenvalue weighted by molar-refractivity contribution is -0.140. The molecule has 6 heteroatoms. The highest BCUT2D eigenvalue weighted by Crippen LogP contribution is 2.31. The second-order valence-corrected chi connectivity index (χ2v) is 7.60. The van der Waals surface area contributed by atoms with Gasteiger partial charge in [-0.15, -0.1) is 0 Å². The van der Waals surface area contributed by atoms with Crippen LogP contribution in [0.15, 0.2) is 36.5 Å². The molecule has 1 N–H and O–H groups in total. The number of carbonyl (C=O) groups is 2. The summed E-state index contributed by atoms with van der Waals surface area (Å²) < 4.78 is 0. The zero-order valence-electron chi connectivity index (χ0n) is 15.7. The lowest BCUT2D eigenvalue weighted by atomic mass is 9.93. The van der Waals surface area contributed by atoms with Crippen LogP contribution in [-0.4, -0.2) is 50.9 Å². The maximum absolute atomic E-state index is 13.1. The summed E-state index contributed by atoms with van der Waals surface area (Å²) in [5.41, 5.74) is 2.68. The van der Waals surface area contributed by atoms with Crippen molar-refractivity contribution in [3.8, 4) is 0 Å². The van der Waals surface area contributed by atoms with Crippen LogP contribution in [0.4, 0.5) is 0 Å². The van der Waals surface area contributed by atoms with E-state index in [-0.39, 0.29) is 23.8 Å². The average Bonchev–Trinajstić information content (AvgIpc) is 2.97. The SMILES string of the molecule is CCCc1[nH]ncc1C(=O)N1C[C@@H]2CC[C@H](C1)N(Cc1ccccc1)C2=O. The number of aromatic nitrogens is 2. The lowest BCUT2D eigenvalue weighted by Gasteiger charge is -2.36. The van der Waals surface area contributed by atoms with Gasteiger partial charge in [-0.25, -0.2) is 0 Å². The van der Waals surface area contributed by atoms with Crippen LogP contribution in [0.2, 0.25) is 0 Å².